The summed E-state index contributed by atoms with van der Waals surface area (Å²) in [6.45, 7) is 9.28. The quantitative estimate of drug-likeness (QED) is 0.637. The van der Waals surface area contributed by atoms with Crippen LogP contribution in [0.1, 0.15) is 33.6 Å². The molecular weight excluding hydrogens is 150 g/mol. The van der Waals surface area contributed by atoms with Crippen molar-refractivity contribution in [3.8, 4) is 0 Å². The molecule has 0 heterocycles. The fourth-order valence-electron chi connectivity index (χ4n) is 1.06. The summed E-state index contributed by atoms with van der Waals surface area (Å²) < 4.78 is 5.57. The Morgan fingerprint density at radius 2 is 2.00 bits per heavy atom. The van der Waals surface area contributed by atoms with E-state index in [1.807, 2.05) is 0 Å². The van der Waals surface area contributed by atoms with Gasteiger partial charge in [0.05, 0.1) is 12.2 Å². The van der Waals surface area contributed by atoms with Gasteiger partial charge in [0.25, 0.3) is 0 Å². The van der Waals surface area contributed by atoms with Crippen molar-refractivity contribution in [1.29, 1.82) is 0 Å². The molecule has 0 aliphatic heterocycles. The molecule has 1 N–H and O–H groups in total. The third kappa shape index (κ3) is 5.56. The summed E-state index contributed by atoms with van der Waals surface area (Å²) in [7, 11) is 0. The Kier molecular flexibility index (Phi) is 3.53. The largest absolute Gasteiger partial charge is 0.375 e. The van der Waals surface area contributed by atoms with Crippen LogP contribution in [0.4, 0.5) is 0 Å². The van der Waals surface area contributed by atoms with Crippen molar-refractivity contribution in [3.63, 3.8) is 0 Å². The van der Waals surface area contributed by atoms with Crippen LogP contribution in [0.25, 0.3) is 0 Å². The van der Waals surface area contributed by atoms with E-state index in [4.69, 9.17) is 4.74 Å². The Labute approximate surface area is 75.7 Å². The second-order valence-corrected chi connectivity index (χ2v) is 4.61. The molecule has 12 heavy (non-hydrogen) atoms. The lowest BCUT2D eigenvalue weighted by Crippen LogP contribution is -2.27. The molecule has 0 radical (unpaired) electrons. The Bertz CT molecular complexity index is 124. The smallest absolute Gasteiger partial charge is 0.0599 e. The van der Waals surface area contributed by atoms with Crippen LogP contribution in [0.2, 0.25) is 0 Å². The Hall–Kier alpha value is -0.0800. The van der Waals surface area contributed by atoms with Gasteiger partial charge < -0.3 is 10.1 Å². The summed E-state index contributed by atoms with van der Waals surface area (Å²) in [5.41, 5.74) is 0.0151. The molecule has 0 aromatic rings. The van der Waals surface area contributed by atoms with Crippen LogP contribution in [0, 0.1) is 5.92 Å². The molecule has 0 aromatic heterocycles. The van der Waals surface area contributed by atoms with E-state index >= 15 is 0 Å². The molecule has 2 heteroatoms. The number of rotatable bonds is 5. The van der Waals surface area contributed by atoms with E-state index in [1.54, 1.807) is 0 Å². The maximum Gasteiger partial charge on any atom is 0.0599 e. The van der Waals surface area contributed by atoms with Crippen LogP contribution >= 0.6 is 0 Å². The third-order valence-electron chi connectivity index (χ3n) is 1.94. The summed E-state index contributed by atoms with van der Waals surface area (Å²) in [6.07, 6.45) is 2.85. The van der Waals surface area contributed by atoms with E-state index in [1.165, 1.54) is 19.4 Å². The van der Waals surface area contributed by atoms with Crippen molar-refractivity contribution in [1.82, 2.24) is 5.32 Å². The van der Waals surface area contributed by atoms with Gasteiger partial charge in [-0.1, -0.05) is 0 Å². The van der Waals surface area contributed by atoms with Crippen molar-refractivity contribution in [2.75, 3.05) is 19.7 Å². The summed E-state index contributed by atoms with van der Waals surface area (Å²) in [6, 6.07) is 0. The minimum atomic E-state index is 0.0151. The first-order chi connectivity index (χ1) is 5.58. The fourth-order valence-corrected chi connectivity index (χ4v) is 1.06. The summed E-state index contributed by atoms with van der Waals surface area (Å²) in [5, 5.41) is 3.39. The van der Waals surface area contributed by atoms with Gasteiger partial charge in [-0.3, -0.25) is 0 Å². The van der Waals surface area contributed by atoms with Crippen LogP contribution in [-0.2, 0) is 4.74 Å². The molecule has 0 amide bonds. The van der Waals surface area contributed by atoms with E-state index in [9.17, 15) is 0 Å². The number of ether oxygens (including phenoxy) is 1. The van der Waals surface area contributed by atoms with Crippen molar-refractivity contribution in [2.24, 2.45) is 5.92 Å². The van der Waals surface area contributed by atoms with Crippen LogP contribution in [0.3, 0.4) is 0 Å². The first-order valence-electron chi connectivity index (χ1n) is 4.92. The molecule has 1 saturated carbocycles. The maximum atomic E-state index is 5.57. The minimum Gasteiger partial charge on any atom is -0.375 e. The van der Waals surface area contributed by atoms with Gasteiger partial charge in [0, 0.05) is 6.54 Å². The first kappa shape index (κ1) is 10.0. The highest BCUT2D eigenvalue weighted by Gasteiger charge is 2.20. The monoisotopic (exact) mass is 171 g/mol. The van der Waals surface area contributed by atoms with Gasteiger partial charge in [-0.05, 0) is 46.1 Å². The third-order valence-corrected chi connectivity index (χ3v) is 1.94. The number of hydrogen-bond acceptors (Lipinski definition) is 2. The standard InChI is InChI=1S/C10H21NO/c1-10(2,3)12-7-6-11-8-9-4-5-9/h9,11H,4-8H2,1-3H3. The van der Waals surface area contributed by atoms with E-state index in [-0.39, 0.29) is 5.60 Å². The lowest BCUT2D eigenvalue weighted by molar-refractivity contribution is -0.000807. The van der Waals surface area contributed by atoms with Gasteiger partial charge in [-0.2, -0.15) is 0 Å². The first-order valence-corrected chi connectivity index (χ1v) is 4.92. The number of hydrogen-bond donors (Lipinski definition) is 1. The number of nitrogens with one attached hydrogen (secondary N) is 1. The van der Waals surface area contributed by atoms with Gasteiger partial charge in [-0.25, -0.2) is 0 Å². The lowest BCUT2D eigenvalue weighted by Gasteiger charge is -2.19. The lowest BCUT2D eigenvalue weighted by atomic mass is 10.2. The van der Waals surface area contributed by atoms with Crippen molar-refractivity contribution >= 4 is 0 Å². The normalized spacial score (nSPS) is 18.2. The molecule has 72 valence electrons. The minimum absolute atomic E-state index is 0.0151. The SMILES string of the molecule is CC(C)(C)OCCNCC1CC1. The van der Waals surface area contributed by atoms with E-state index < -0.39 is 0 Å². The van der Waals surface area contributed by atoms with Crippen LogP contribution in [-0.4, -0.2) is 25.3 Å². The van der Waals surface area contributed by atoms with Crippen LogP contribution < -0.4 is 5.32 Å². The molecule has 1 aliphatic rings. The molecule has 0 spiro atoms. The zero-order valence-corrected chi connectivity index (χ0v) is 8.52. The highest BCUT2D eigenvalue weighted by molar-refractivity contribution is 4.75. The predicted octanol–water partition coefficient (Wildman–Crippen LogP) is 1.80. The maximum absolute atomic E-state index is 5.57. The van der Waals surface area contributed by atoms with Gasteiger partial charge in [0.1, 0.15) is 0 Å². The van der Waals surface area contributed by atoms with Gasteiger partial charge in [0.2, 0.25) is 0 Å². The predicted molar refractivity (Wildman–Crippen MR) is 51.3 cm³/mol. The molecule has 0 atom stereocenters. The highest BCUT2D eigenvalue weighted by atomic mass is 16.5. The fraction of sp³-hybridized carbons (Fsp3) is 1.00. The molecule has 2 nitrogen and oxygen atoms in total. The Morgan fingerprint density at radius 3 is 2.50 bits per heavy atom. The van der Waals surface area contributed by atoms with Crippen molar-refractivity contribution in [3.05, 3.63) is 0 Å². The zero-order valence-electron chi connectivity index (χ0n) is 8.52. The van der Waals surface area contributed by atoms with Crippen LogP contribution in [0.5, 0.6) is 0 Å². The van der Waals surface area contributed by atoms with Gasteiger partial charge in [0.15, 0.2) is 0 Å². The average molecular weight is 171 g/mol. The Balaban J connectivity index is 1.82. The van der Waals surface area contributed by atoms with Crippen molar-refractivity contribution in [2.45, 2.75) is 39.2 Å². The molecule has 0 saturated heterocycles. The summed E-state index contributed by atoms with van der Waals surface area (Å²) in [4.78, 5) is 0. The van der Waals surface area contributed by atoms with Crippen LogP contribution in [0.15, 0.2) is 0 Å². The highest BCUT2D eigenvalue weighted by Crippen LogP contribution is 2.27. The summed E-state index contributed by atoms with van der Waals surface area (Å²) in [5.74, 6) is 0.972. The Morgan fingerprint density at radius 1 is 1.33 bits per heavy atom. The van der Waals surface area contributed by atoms with Crippen molar-refractivity contribution < 1.29 is 4.74 Å². The molecule has 0 unspecified atom stereocenters. The molecular formula is C10H21NO. The molecule has 0 bridgehead atoms. The molecule has 1 aliphatic carbocycles. The topological polar surface area (TPSA) is 21.3 Å². The zero-order chi connectivity index (χ0) is 9.03. The average Bonchev–Trinajstić information content (AvgIpc) is 2.68. The van der Waals surface area contributed by atoms with E-state index in [2.05, 4.69) is 26.1 Å². The summed E-state index contributed by atoms with van der Waals surface area (Å²) >= 11 is 0. The van der Waals surface area contributed by atoms with Gasteiger partial charge >= 0.3 is 0 Å². The van der Waals surface area contributed by atoms with Gasteiger partial charge in [-0.15, -0.1) is 0 Å². The second kappa shape index (κ2) is 4.24. The molecule has 1 fully saturated rings. The van der Waals surface area contributed by atoms with E-state index in [0.29, 0.717) is 0 Å². The molecule has 0 aromatic carbocycles. The second-order valence-electron chi connectivity index (χ2n) is 4.61. The van der Waals surface area contributed by atoms with E-state index in [0.717, 1.165) is 19.1 Å². The molecule has 1 rings (SSSR count).